The number of nitrogens with one attached hydrogen (secondary N) is 1. The van der Waals surface area contributed by atoms with Crippen molar-refractivity contribution < 1.29 is 5.11 Å². The highest BCUT2D eigenvalue weighted by Crippen LogP contribution is 2.31. The summed E-state index contributed by atoms with van der Waals surface area (Å²) in [4.78, 5) is 17.5. The fraction of sp³-hybridized carbons (Fsp3) is 0.368. The summed E-state index contributed by atoms with van der Waals surface area (Å²) in [6.07, 6.45) is 8.08. The lowest BCUT2D eigenvalue weighted by Gasteiger charge is -2.29. The van der Waals surface area contributed by atoms with Gasteiger partial charge >= 0.3 is 0 Å². The van der Waals surface area contributed by atoms with Gasteiger partial charge in [-0.1, -0.05) is 57.2 Å². The van der Waals surface area contributed by atoms with Gasteiger partial charge in [-0.2, -0.15) is 0 Å². The highest BCUT2D eigenvalue weighted by atomic mass is 16.3. The predicted molar refractivity (Wildman–Crippen MR) is 96.5 cm³/mol. The molecule has 1 unspecified atom stereocenters. The Labute approximate surface area is 141 Å². The number of rotatable bonds is 3. The Hall–Kier alpha value is -2.40. The Morgan fingerprint density at radius 3 is 2.58 bits per heavy atom. The van der Waals surface area contributed by atoms with Gasteiger partial charge in [0, 0.05) is 0 Å². The molecule has 0 radical (unpaired) electrons. The predicted octanol–water partition coefficient (Wildman–Crippen LogP) is 2.90. The van der Waals surface area contributed by atoms with E-state index in [2.05, 4.69) is 10.4 Å². The molecule has 0 saturated heterocycles. The van der Waals surface area contributed by atoms with Crippen LogP contribution in [0.25, 0.3) is 10.9 Å². The zero-order chi connectivity index (χ0) is 17.3. The number of para-hydroxylation sites is 1. The first-order valence-corrected chi connectivity index (χ1v) is 8.17. The molecule has 0 fully saturated rings. The minimum Gasteiger partial charge on any atom is -0.385 e. The Bertz CT molecular complexity index is 847. The van der Waals surface area contributed by atoms with Crippen molar-refractivity contribution >= 4 is 10.9 Å². The third kappa shape index (κ3) is 3.12. The summed E-state index contributed by atoms with van der Waals surface area (Å²) in [6.45, 7) is 5.76. The SMILES string of the molecule is CC(C)(C)C(O)c1nc2ccccc2c(=O)n1NC1C=CCC=C1. The van der Waals surface area contributed by atoms with Crippen molar-refractivity contribution in [2.24, 2.45) is 5.41 Å². The van der Waals surface area contributed by atoms with E-state index in [0.29, 0.717) is 16.7 Å². The van der Waals surface area contributed by atoms with Gasteiger partial charge in [0.15, 0.2) is 5.82 Å². The van der Waals surface area contributed by atoms with Crippen LogP contribution in [-0.4, -0.2) is 20.8 Å². The van der Waals surface area contributed by atoms with Crippen molar-refractivity contribution in [1.82, 2.24) is 9.66 Å². The van der Waals surface area contributed by atoms with Crippen LogP contribution in [0.4, 0.5) is 0 Å². The molecule has 5 heteroatoms. The molecule has 1 atom stereocenters. The van der Waals surface area contributed by atoms with Crippen LogP contribution in [0.2, 0.25) is 0 Å². The van der Waals surface area contributed by atoms with Crippen LogP contribution in [0.15, 0.2) is 53.4 Å². The minimum absolute atomic E-state index is 0.106. The van der Waals surface area contributed by atoms with Crippen LogP contribution in [0.5, 0.6) is 0 Å². The summed E-state index contributed by atoms with van der Waals surface area (Å²) in [5, 5.41) is 11.3. The van der Waals surface area contributed by atoms with Crippen molar-refractivity contribution in [3.05, 3.63) is 64.7 Å². The number of aliphatic hydroxyl groups excluding tert-OH is 1. The van der Waals surface area contributed by atoms with E-state index in [-0.39, 0.29) is 11.6 Å². The maximum absolute atomic E-state index is 13.0. The van der Waals surface area contributed by atoms with E-state index in [9.17, 15) is 9.90 Å². The number of fused-ring (bicyclic) bond motifs is 1. The Balaban J connectivity index is 2.17. The molecule has 2 N–H and O–H groups in total. The maximum atomic E-state index is 13.0. The van der Waals surface area contributed by atoms with Crippen LogP contribution in [0.1, 0.15) is 39.1 Å². The molecule has 1 aromatic carbocycles. The van der Waals surface area contributed by atoms with Crippen LogP contribution in [0, 0.1) is 5.41 Å². The van der Waals surface area contributed by atoms with Gasteiger partial charge in [0.25, 0.3) is 5.56 Å². The van der Waals surface area contributed by atoms with E-state index in [1.165, 1.54) is 4.68 Å². The van der Waals surface area contributed by atoms with Crippen molar-refractivity contribution in [1.29, 1.82) is 0 Å². The van der Waals surface area contributed by atoms with Crippen molar-refractivity contribution in [2.75, 3.05) is 5.43 Å². The van der Waals surface area contributed by atoms with Crippen molar-refractivity contribution in [3.63, 3.8) is 0 Å². The quantitative estimate of drug-likeness (QED) is 0.852. The molecular formula is C19H23N3O2. The smallest absolute Gasteiger partial charge is 0.280 e. The molecule has 5 nitrogen and oxygen atoms in total. The zero-order valence-corrected chi connectivity index (χ0v) is 14.2. The first-order valence-electron chi connectivity index (χ1n) is 8.17. The van der Waals surface area contributed by atoms with E-state index >= 15 is 0 Å². The Morgan fingerprint density at radius 2 is 1.92 bits per heavy atom. The van der Waals surface area contributed by atoms with Gasteiger partial charge in [0.2, 0.25) is 0 Å². The highest BCUT2D eigenvalue weighted by Gasteiger charge is 2.29. The van der Waals surface area contributed by atoms with E-state index < -0.39 is 11.5 Å². The van der Waals surface area contributed by atoms with Gasteiger partial charge in [-0.3, -0.25) is 4.79 Å². The molecule has 0 amide bonds. The van der Waals surface area contributed by atoms with Gasteiger partial charge in [-0.05, 0) is 24.0 Å². The Kier molecular flexibility index (Phi) is 4.28. The van der Waals surface area contributed by atoms with Gasteiger partial charge in [-0.25, -0.2) is 9.66 Å². The first-order chi connectivity index (χ1) is 11.4. The Morgan fingerprint density at radius 1 is 1.25 bits per heavy atom. The van der Waals surface area contributed by atoms with E-state index in [4.69, 9.17) is 0 Å². The molecule has 1 aliphatic carbocycles. The van der Waals surface area contributed by atoms with Crippen molar-refractivity contribution in [3.8, 4) is 0 Å². The number of benzene rings is 1. The molecule has 0 aliphatic heterocycles. The lowest BCUT2D eigenvalue weighted by molar-refractivity contribution is 0.0518. The number of aliphatic hydroxyl groups is 1. The van der Waals surface area contributed by atoms with E-state index in [1.54, 1.807) is 12.1 Å². The third-order valence-corrected chi connectivity index (χ3v) is 4.10. The second-order valence-electron chi connectivity index (χ2n) is 7.14. The zero-order valence-electron chi connectivity index (χ0n) is 14.2. The summed E-state index contributed by atoms with van der Waals surface area (Å²) in [5.41, 5.74) is 3.12. The lowest BCUT2D eigenvalue weighted by atomic mass is 9.88. The molecule has 2 aromatic rings. The molecular weight excluding hydrogens is 302 g/mol. The van der Waals surface area contributed by atoms with Crippen molar-refractivity contribution in [2.45, 2.75) is 39.3 Å². The largest absolute Gasteiger partial charge is 0.385 e. The van der Waals surface area contributed by atoms with Crippen LogP contribution in [-0.2, 0) is 0 Å². The first kappa shape index (κ1) is 16.5. The molecule has 0 bridgehead atoms. The topological polar surface area (TPSA) is 67.2 Å². The number of aromatic nitrogens is 2. The standard InChI is InChI=1S/C19H23N3O2/c1-19(2,3)16(23)17-20-15-12-8-7-11-14(15)18(24)22(17)21-13-9-5-4-6-10-13/h5-13,16,21,23H,4H2,1-3H3. The van der Waals surface area contributed by atoms with E-state index in [0.717, 1.165) is 6.42 Å². The third-order valence-electron chi connectivity index (χ3n) is 4.10. The van der Waals surface area contributed by atoms with E-state index in [1.807, 2.05) is 57.2 Å². The number of hydrogen-bond donors (Lipinski definition) is 2. The van der Waals surface area contributed by atoms with Crippen LogP contribution in [0.3, 0.4) is 0 Å². The average Bonchev–Trinajstić information content (AvgIpc) is 2.57. The van der Waals surface area contributed by atoms with Crippen LogP contribution < -0.4 is 11.0 Å². The summed E-state index contributed by atoms with van der Waals surface area (Å²) < 4.78 is 1.39. The monoisotopic (exact) mass is 325 g/mol. The van der Waals surface area contributed by atoms with Gasteiger partial charge in [-0.15, -0.1) is 0 Å². The molecule has 1 aromatic heterocycles. The maximum Gasteiger partial charge on any atom is 0.280 e. The fourth-order valence-corrected chi connectivity index (χ4v) is 2.67. The van der Waals surface area contributed by atoms with Gasteiger partial charge in [0.05, 0.1) is 16.9 Å². The number of hydrogen-bond acceptors (Lipinski definition) is 4. The summed E-state index contributed by atoms with van der Waals surface area (Å²) in [7, 11) is 0. The molecule has 1 aliphatic rings. The number of allylic oxidation sites excluding steroid dienone is 2. The molecule has 0 saturated carbocycles. The minimum atomic E-state index is -0.876. The second kappa shape index (κ2) is 6.24. The second-order valence-corrected chi connectivity index (χ2v) is 7.14. The molecule has 0 spiro atoms. The molecule has 3 rings (SSSR count). The lowest BCUT2D eigenvalue weighted by Crippen LogP contribution is -2.40. The van der Waals surface area contributed by atoms with Gasteiger partial charge < -0.3 is 10.5 Å². The summed E-state index contributed by atoms with van der Waals surface area (Å²) in [5.74, 6) is 0.332. The van der Waals surface area contributed by atoms with Gasteiger partial charge in [0.1, 0.15) is 6.10 Å². The normalized spacial score (nSPS) is 16.5. The summed E-state index contributed by atoms with van der Waals surface area (Å²) in [6, 6.07) is 7.09. The van der Waals surface area contributed by atoms with Crippen LogP contribution >= 0.6 is 0 Å². The number of nitrogens with zero attached hydrogens (tertiary/aromatic N) is 2. The highest BCUT2D eigenvalue weighted by molar-refractivity contribution is 5.77. The molecule has 126 valence electrons. The fourth-order valence-electron chi connectivity index (χ4n) is 2.67. The molecule has 24 heavy (non-hydrogen) atoms. The summed E-state index contributed by atoms with van der Waals surface area (Å²) >= 11 is 0. The average molecular weight is 325 g/mol. The molecule has 1 heterocycles.